The van der Waals surface area contributed by atoms with Crippen molar-refractivity contribution in [2.45, 2.75) is 34.2 Å². The van der Waals surface area contributed by atoms with Crippen LogP contribution in [0.25, 0.3) is 0 Å². The first-order valence-electron chi connectivity index (χ1n) is 7.06. The highest BCUT2D eigenvalue weighted by atomic mass is 16.5. The molecule has 0 aliphatic rings. The lowest BCUT2D eigenvalue weighted by Crippen LogP contribution is -2.30. The summed E-state index contributed by atoms with van der Waals surface area (Å²) in [5.41, 5.74) is 7.90. The van der Waals surface area contributed by atoms with Crippen molar-refractivity contribution in [2.24, 2.45) is 11.8 Å². The first-order valence-corrected chi connectivity index (χ1v) is 7.06. The van der Waals surface area contributed by atoms with Crippen LogP contribution >= 0.6 is 0 Å². The molecule has 0 atom stereocenters. The van der Waals surface area contributed by atoms with Crippen molar-refractivity contribution in [3.8, 4) is 5.75 Å². The monoisotopic (exact) mass is 264 g/mol. The summed E-state index contributed by atoms with van der Waals surface area (Å²) in [7, 11) is 1.68. The molecule has 0 aliphatic heterocycles. The summed E-state index contributed by atoms with van der Waals surface area (Å²) in [6.07, 6.45) is 0. The van der Waals surface area contributed by atoms with Crippen molar-refractivity contribution in [3.63, 3.8) is 0 Å². The molecule has 19 heavy (non-hydrogen) atoms. The molecule has 0 radical (unpaired) electrons. The van der Waals surface area contributed by atoms with E-state index in [0.717, 1.165) is 31.1 Å². The number of nitrogens with zero attached hydrogens (tertiary/aromatic N) is 1. The van der Waals surface area contributed by atoms with Crippen LogP contribution in [0.4, 0.5) is 5.69 Å². The Morgan fingerprint density at radius 2 is 1.63 bits per heavy atom. The molecular weight excluding hydrogens is 236 g/mol. The van der Waals surface area contributed by atoms with Gasteiger partial charge < -0.3 is 10.5 Å². The summed E-state index contributed by atoms with van der Waals surface area (Å²) in [4.78, 5) is 2.49. The molecule has 0 saturated carbocycles. The van der Waals surface area contributed by atoms with E-state index < -0.39 is 0 Å². The van der Waals surface area contributed by atoms with E-state index in [0.29, 0.717) is 11.8 Å². The fourth-order valence-corrected chi connectivity index (χ4v) is 2.39. The van der Waals surface area contributed by atoms with Gasteiger partial charge in [-0.3, -0.25) is 4.90 Å². The van der Waals surface area contributed by atoms with Gasteiger partial charge in [-0.25, -0.2) is 0 Å². The highest BCUT2D eigenvalue weighted by Gasteiger charge is 2.11. The molecule has 3 heteroatoms. The van der Waals surface area contributed by atoms with Gasteiger partial charge in [-0.1, -0.05) is 27.7 Å². The van der Waals surface area contributed by atoms with E-state index in [1.165, 1.54) is 5.56 Å². The maximum Gasteiger partial charge on any atom is 0.121 e. The summed E-state index contributed by atoms with van der Waals surface area (Å²) in [6, 6.07) is 5.97. The summed E-state index contributed by atoms with van der Waals surface area (Å²) in [6.45, 7) is 12.2. The number of nitrogens with two attached hydrogens (primary N) is 1. The van der Waals surface area contributed by atoms with Crippen LogP contribution in [0.1, 0.15) is 33.3 Å². The minimum Gasteiger partial charge on any atom is -0.497 e. The molecule has 0 spiro atoms. The van der Waals surface area contributed by atoms with E-state index in [1.54, 1.807) is 7.11 Å². The summed E-state index contributed by atoms with van der Waals surface area (Å²) >= 11 is 0. The van der Waals surface area contributed by atoms with Gasteiger partial charge >= 0.3 is 0 Å². The molecule has 0 amide bonds. The lowest BCUT2D eigenvalue weighted by Gasteiger charge is -2.26. The van der Waals surface area contributed by atoms with Gasteiger partial charge in [0.1, 0.15) is 5.75 Å². The number of nitrogen functional groups attached to an aromatic ring is 1. The lowest BCUT2D eigenvalue weighted by molar-refractivity contribution is 0.211. The van der Waals surface area contributed by atoms with Crippen LogP contribution in [0.5, 0.6) is 5.75 Å². The van der Waals surface area contributed by atoms with Crippen molar-refractivity contribution in [1.29, 1.82) is 0 Å². The zero-order valence-corrected chi connectivity index (χ0v) is 12.9. The summed E-state index contributed by atoms with van der Waals surface area (Å²) in [5.74, 6) is 2.17. The first-order chi connectivity index (χ1) is 8.90. The van der Waals surface area contributed by atoms with Crippen molar-refractivity contribution < 1.29 is 4.74 Å². The molecule has 3 nitrogen and oxygen atoms in total. The van der Waals surface area contributed by atoms with Gasteiger partial charge in [-0.15, -0.1) is 0 Å². The van der Waals surface area contributed by atoms with Gasteiger partial charge in [-0.2, -0.15) is 0 Å². The molecule has 0 heterocycles. The van der Waals surface area contributed by atoms with Crippen LogP contribution in [0.3, 0.4) is 0 Å². The molecule has 108 valence electrons. The molecule has 1 rings (SSSR count). The zero-order chi connectivity index (χ0) is 14.4. The summed E-state index contributed by atoms with van der Waals surface area (Å²) < 4.78 is 5.28. The number of hydrogen-bond donors (Lipinski definition) is 1. The average molecular weight is 264 g/mol. The Labute approximate surface area is 117 Å². The Morgan fingerprint density at radius 3 is 2.11 bits per heavy atom. The van der Waals surface area contributed by atoms with Crippen LogP contribution in [-0.2, 0) is 6.54 Å². The highest BCUT2D eigenvalue weighted by molar-refractivity contribution is 5.47. The van der Waals surface area contributed by atoms with Crippen LogP contribution in [0.15, 0.2) is 18.2 Å². The number of rotatable bonds is 7. The number of benzene rings is 1. The van der Waals surface area contributed by atoms with Crippen LogP contribution in [0.2, 0.25) is 0 Å². The second kappa shape index (κ2) is 7.39. The lowest BCUT2D eigenvalue weighted by atomic mass is 10.1. The van der Waals surface area contributed by atoms with E-state index in [1.807, 2.05) is 12.1 Å². The first kappa shape index (κ1) is 15.8. The zero-order valence-electron chi connectivity index (χ0n) is 12.9. The average Bonchev–Trinajstić information content (AvgIpc) is 2.26. The van der Waals surface area contributed by atoms with Crippen LogP contribution in [-0.4, -0.2) is 25.1 Å². The molecular formula is C16H28N2O. The quantitative estimate of drug-likeness (QED) is 0.767. The minimum atomic E-state index is 0.668. The minimum absolute atomic E-state index is 0.668. The van der Waals surface area contributed by atoms with Crippen molar-refractivity contribution in [1.82, 2.24) is 4.90 Å². The van der Waals surface area contributed by atoms with E-state index in [4.69, 9.17) is 10.5 Å². The van der Waals surface area contributed by atoms with Gasteiger partial charge in [0.2, 0.25) is 0 Å². The molecule has 0 bridgehead atoms. The predicted molar refractivity (Wildman–Crippen MR) is 82.4 cm³/mol. The molecule has 1 aromatic rings. The number of methoxy groups -OCH3 is 1. The van der Waals surface area contributed by atoms with Gasteiger partial charge in [0.05, 0.1) is 7.11 Å². The fraction of sp³-hybridized carbons (Fsp3) is 0.625. The van der Waals surface area contributed by atoms with E-state index >= 15 is 0 Å². The van der Waals surface area contributed by atoms with Gasteiger partial charge in [-0.05, 0) is 29.5 Å². The maximum absolute atomic E-state index is 5.91. The molecule has 0 aromatic heterocycles. The fourth-order valence-electron chi connectivity index (χ4n) is 2.39. The number of hydrogen-bond acceptors (Lipinski definition) is 3. The second-order valence-corrected chi connectivity index (χ2v) is 6.10. The Balaban J connectivity index is 2.79. The maximum atomic E-state index is 5.91. The molecule has 0 aliphatic carbocycles. The summed E-state index contributed by atoms with van der Waals surface area (Å²) in [5, 5.41) is 0. The van der Waals surface area contributed by atoms with E-state index in [2.05, 4.69) is 38.7 Å². The van der Waals surface area contributed by atoms with Gasteiger partial charge in [0, 0.05) is 31.4 Å². The van der Waals surface area contributed by atoms with Crippen molar-refractivity contribution in [2.75, 3.05) is 25.9 Å². The predicted octanol–water partition coefficient (Wildman–Crippen LogP) is 3.39. The van der Waals surface area contributed by atoms with Crippen molar-refractivity contribution in [3.05, 3.63) is 23.8 Å². The molecule has 0 fully saturated rings. The van der Waals surface area contributed by atoms with Crippen LogP contribution in [0, 0.1) is 11.8 Å². The Bertz CT molecular complexity index is 378. The largest absolute Gasteiger partial charge is 0.497 e. The topological polar surface area (TPSA) is 38.5 Å². The Hall–Kier alpha value is -1.22. The third-order valence-corrected chi connectivity index (χ3v) is 2.88. The smallest absolute Gasteiger partial charge is 0.121 e. The van der Waals surface area contributed by atoms with Crippen LogP contribution < -0.4 is 10.5 Å². The van der Waals surface area contributed by atoms with Crippen molar-refractivity contribution >= 4 is 5.69 Å². The third-order valence-electron chi connectivity index (χ3n) is 2.88. The Morgan fingerprint density at radius 1 is 1.05 bits per heavy atom. The molecule has 2 N–H and O–H groups in total. The normalized spacial score (nSPS) is 11.6. The number of ether oxygens (including phenoxy) is 1. The third kappa shape index (κ3) is 5.97. The van der Waals surface area contributed by atoms with Gasteiger partial charge in [0.25, 0.3) is 0 Å². The second-order valence-electron chi connectivity index (χ2n) is 6.10. The SMILES string of the molecule is COc1cc(N)cc(CN(CC(C)C)CC(C)C)c1. The Kier molecular flexibility index (Phi) is 6.16. The molecule has 1 aromatic carbocycles. The van der Waals surface area contributed by atoms with E-state index in [9.17, 15) is 0 Å². The molecule has 0 saturated heterocycles. The standard InChI is InChI=1S/C16H28N2O/c1-12(2)9-18(10-13(3)4)11-14-6-15(17)8-16(7-14)19-5/h6-8,12-13H,9-11,17H2,1-5H3. The number of anilines is 1. The molecule has 0 unspecified atom stereocenters. The highest BCUT2D eigenvalue weighted by Crippen LogP contribution is 2.20. The van der Waals surface area contributed by atoms with Gasteiger partial charge in [0.15, 0.2) is 0 Å². The van der Waals surface area contributed by atoms with E-state index in [-0.39, 0.29) is 0 Å².